The Bertz CT molecular complexity index is 441. The number of carbonyl (C=O) groups excluding carboxylic acids is 1. The van der Waals surface area contributed by atoms with E-state index in [1.54, 1.807) is 31.2 Å². The molecular formula is C12H12N2O2. The van der Waals surface area contributed by atoms with E-state index in [4.69, 9.17) is 5.26 Å². The highest BCUT2D eigenvalue weighted by atomic mass is 16.5. The van der Waals surface area contributed by atoms with Crippen molar-refractivity contribution in [3.8, 4) is 6.07 Å². The summed E-state index contributed by atoms with van der Waals surface area (Å²) >= 11 is 0. The number of ether oxygens (including phenoxy) is 1. The summed E-state index contributed by atoms with van der Waals surface area (Å²) in [6, 6.07) is 8.98. The second-order valence-electron chi connectivity index (χ2n) is 3.16. The molecule has 1 aromatic carbocycles. The highest BCUT2D eigenvalue weighted by Gasteiger charge is 1.97. The number of nitrogens with one attached hydrogen (secondary N) is 1. The van der Waals surface area contributed by atoms with Crippen LogP contribution in [0.1, 0.15) is 12.5 Å². The van der Waals surface area contributed by atoms with Crippen LogP contribution in [0.5, 0.6) is 0 Å². The van der Waals surface area contributed by atoms with Gasteiger partial charge in [0.25, 0.3) is 0 Å². The van der Waals surface area contributed by atoms with Gasteiger partial charge in [-0.3, -0.25) is 0 Å². The van der Waals surface area contributed by atoms with Gasteiger partial charge in [0.2, 0.25) is 0 Å². The largest absolute Gasteiger partial charge is 0.466 e. The minimum Gasteiger partial charge on any atom is -0.466 e. The van der Waals surface area contributed by atoms with Gasteiger partial charge in [-0.25, -0.2) is 4.79 Å². The van der Waals surface area contributed by atoms with Crippen molar-refractivity contribution in [2.75, 3.05) is 12.4 Å². The Morgan fingerprint density at radius 1 is 1.44 bits per heavy atom. The minimum absolute atomic E-state index is 0.404. The zero-order valence-electron chi connectivity index (χ0n) is 9.15. The SMILES string of the molecule is COC(=O)/C=C(\C)Nc1ccc(C#N)cc1. The smallest absolute Gasteiger partial charge is 0.332 e. The summed E-state index contributed by atoms with van der Waals surface area (Å²) in [5.41, 5.74) is 2.09. The third-order valence-corrected chi connectivity index (χ3v) is 1.89. The third kappa shape index (κ3) is 3.46. The van der Waals surface area contributed by atoms with Crippen molar-refractivity contribution in [1.82, 2.24) is 0 Å². The van der Waals surface area contributed by atoms with Crippen molar-refractivity contribution >= 4 is 11.7 Å². The monoisotopic (exact) mass is 216 g/mol. The van der Waals surface area contributed by atoms with Crippen molar-refractivity contribution in [1.29, 1.82) is 5.26 Å². The Balaban J connectivity index is 2.70. The van der Waals surface area contributed by atoms with Gasteiger partial charge >= 0.3 is 5.97 Å². The number of hydrogen-bond acceptors (Lipinski definition) is 4. The lowest BCUT2D eigenvalue weighted by Gasteiger charge is -2.05. The van der Waals surface area contributed by atoms with Gasteiger partial charge in [-0.2, -0.15) is 5.26 Å². The fraction of sp³-hybridized carbons (Fsp3) is 0.167. The number of rotatable bonds is 3. The summed E-state index contributed by atoms with van der Waals surface area (Å²) in [5, 5.41) is 11.6. The van der Waals surface area contributed by atoms with Gasteiger partial charge < -0.3 is 10.1 Å². The number of benzene rings is 1. The number of hydrogen-bond donors (Lipinski definition) is 1. The molecule has 82 valence electrons. The lowest BCUT2D eigenvalue weighted by molar-refractivity contribution is -0.134. The van der Waals surface area contributed by atoms with E-state index in [1.165, 1.54) is 13.2 Å². The molecule has 0 unspecified atom stereocenters. The van der Waals surface area contributed by atoms with Crippen LogP contribution in [0.4, 0.5) is 5.69 Å². The molecule has 1 rings (SSSR count). The summed E-state index contributed by atoms with van der Waals surface area (Å²) in [6.45, 7) is 1.76. The second-order valence-corrected chi connectivity index (χ2v) is 3.16. The van der Waals surface area contributed by atoms with Gasteiger partial charge in [-0.1, -0.05) is 0 Å². The Kier molecular flexibility index (Phi) is 4.10. The van der Waals surface area contributed by atoms with E-state index in [-0.39, 0.29) is 0 Å². The fourth-order valence-corrected chi connectivity index (χ4v) is 1.13. The van der Waals surface area contributed by atoms with Gasteiger partial charge in [0, 0.05) is 17.5 Å². The molecule has 4 heteroatoms. The molecule has 1 aromatic rings. The summed E-state index contributed by atoms with van der Waals surface area (Å²) in [7, 11) is 1.33. The molecule has 1 N–H and O–H groups in total. The quantitative estimate of drug-likeness (QED) is 0.620. The molecule has 16 heavy (non-hydrogen) atoms. The fourth-order valence-electron chi connectivity index (χ4n) is 1.13. The van der Waals surface area contributed by atoms with Crippen LogP contribution in [0, 0.1) is 11.3 Å². The Hall–Kier alpha value is -2.28. The number of nitriles is 1. The first-order valence-corrected chi connectivity index (χ1v) is 4.69. The van der Waals surface area contributed by atoms with E-state index in [0.717, 1.165) is 5.69 Å². The molecule has 0 atom stereocenters. The number of methoxy groups -OCH3 is 1. The molecule has 4 nitrogen and oxygen atoms in total. The molecule has 0 aliphatic rings. The van der Waals surface area contributed by atoms with Crippen LogP contribution < -0.4 is 5.32 Å². The normalized spacial score (nSPS) is 10.4. The minimum atomic E-state index is -0.404. The number of allylic oxidation sites excluding steroid dienone is 1. The van der Waals surface area contributed by atoms with Crippen LogP contribution >= 0.6 is 0 Å². The molecule has 0 aromatic heterocycles. The standard InChI is InChI=1S/C12H12N2O2/c1-9(7-12(15)16-2)14-11-5-3-10(8-13)4-6-11/h3-7,14H,1-2H3/b9-7+. The first kappa shape index (κ1) is 11.8. The first-order valence-electron chi connectivity index (χ1n) is 4.69. The van der Waals surface area contributed by atoms with Gasteiger partial charge in [0.1, 0.15) is 0 Å². The van der Waals surface area contributed by atoms with Crippen molar-refractivity contribution in [3.63, 3.8) is 0 Å². The molecule has 0 aliphatic heterocycles. The summed E-state index contributed by atoms with van der Waals surface area (Å²) in [5.74, 6) is -0.404. The molecule has 0 saturated heterocycles. The second kappa shape index (κ2) is 5.56. The molecule has 0 spiro atoms. The lowest BCUT2D eigenvalue weighted by atomic mass is 10.2. The highest BCUT2D eigenvalue weighted by molar-refractivity contribution is 5.83. The van der Waals surface area contributed by atoms with Crippen LogP contribution in [0.2, 0.25) is 0 Å². The van der Waals surface area contributed by atoms with E-state index in [2.05, 4.69) is 10.1 Å². The summed E-state index contributed by atoms with van der Waals surface area (Å²) < 4.78 is 4.50. The molecule has 0 fully saturated rings. The number of carbonyl (C=O) groups is 1. The van der Waals surface area contributed by atoms with Crippen LogP contribution in [-0.4, -0.2) is 13.1 Å². The first-order chi connectivity index (χ1) is 7.65. The van der Waals surface area contributed by atoms with Gasteiger partial charge in [0.05, 0.1) is 18.7 Å². The predicted octanol–water partition coefficient (Wildman–Crippen LogP) is 2.05. The maximum atomic E-state index is 10.9. The van der Waals surface area contributed by atoms with Crippen LogP contribution in [0.3, 0.4) is 0 Å². The molecule has 0 aliphatic carbocycles. The maximum Gasteiger partial charge on any atom is 0.332 e. The molecule has 0 saturated carbocycles. The van der Waals surface area contributed by atoms with Crippen molar-refractivity contribution in [3.05, 3.63) is 41.6 Å². The average molecular weight is 216 g/mol. The van der Waals surface area contributed by atoms with E-state index in [9.17, 15) is 4.79 Å². The Morgan fingerprint density at radius 3 is 2.56 bits per heavy atom. The number of anilines is 1. The van der Waals surface area contributed by atoms with Crippen molar-refractivity contribution in [2.45, 2.75) is 6.92 Å². The molecular weight excluding hydrogens is 204 g/mol. The van der Waals surface area contributed by atoms with E-state index in [1.807, 2.05) is 6.07 Å². The number of esters is 1. The lowest BCUT2D eigenvalue weighted by Crippen LogP contribution is -2.01. The van der Waals surface area contributed by atoms with Crippen molar-refractivity contribution < 1.29 is 9.53 Å². The molecule has 0 amide bonds. The average Bonchev–Trinajstić information content (AvgIpc) is 2.29. The topological polar surface area (TPSA) is 62.1 Å². The van der Waals surface area contributed by atoms with E-state index < -0.39 is 5.97 Å². The number of nitrogens with zero attached hydrogens (tertiary/aromatic N) is 1. The van der Waals surface area contributed by atoms with E-state index >= 15 is 0 Å². The molecule has 0 radical (unpaired) electrons. The zero-order valence-corrected chi connectivity index (χ0v) is 9.15. The van der Waals surface area contributed by atoms with Gasteiger partial charge in [-0.15, -0.1) is 0 Å². The zero-order chi connectivity index (χ0) is 12.0. The Morgan fingerprint density at radius 2 is 2.06 bits per heavy atom. The van der Waals surface area contributed by atoms with Crippen LogP contribution in [0.25, 0.3) is 0 Å². The maximum absolute atomic E-state index is 10.9. The summed E-state index contributed by atoms with van der Waals surface area (Å²) in [6.07, 6.45) is 1.36. The summed E-state index contributed by atoms with van der Waals surface area (Å²) in [4.78, 5) is 10.9. The molecule has 0 bridgehead atoms. The predicted molar refractivity (Wildman–Crippen MR) is 60.6 cm³/mol. The third-order valence-electron chi connectivity index (χ3n) is 1.89. The van der Waals surface area contributed by atoms with Crippen molar-refractivity contribution in [2.24, 2.45) is 0 Å². The van der Waals surface area contributed by atoms with Crippen LogP contribution in [0.15, 0.2) is 36.0 Å². The van der Waals surface area contributed by atoms with Gasteiger partial charge in [-0.05, 0) is 31.2 Å². The highest BCUT2D eigenvalue weighted by Crippen LogP contribution is 2.11. The van der Waals surface area contributed by atoms with E-state index in [0.29, 0.717) is 11.3 Å². The van der Waals surface area contributed by atoms with Crippen LogP contribution in [-0.2, 0) is 9.53 Å². The Labute approximate surface area is 94.1 Å². The van der Waals surface area contributed by atoms with Gasteiger partial charge in [0.15, 0.2) is 0 Å². The molecule has 0 heterocycles.